The van der Waals surface area contributed by atoms with Crippen LogP contribution in [0.2, 0.25) is 0 Å². The van der Waals surface area contributed by atoms with E-state index in [1.165, 1.54) is 0 Å². The quantitative estimate of drug-likeness (QED) is 0.442. The number of aromatic nitrogens is 3. The van der Waals surface area contributed by atoms with Crippen molar-refractivity contribution < 1.29 is 22.8 Å². The fraction of sp³-hybridized carbons (Fsp3) is 0.722. The Labute approximate surface area is 184 Å². The third-order valence-corrected chi connectivity index (χ3v) is 9.02. The van der Waals surface area contributed by atoms with Crippen LogP contribution in [0.3, 0.4) is 0 Å². The van der Waals surface area contributed by atoms with Crippen LogP contribution < -0.4 is 10.7 Å². The Morgan fingerprint density at radius 3 is 2.68 bits per heavy atom. The molecule has 170 valence electrons. The molecule has 13 heteroatoms. The maximum atomic E-state index is 12.7. The molecule has 2 saturated heterocycles. The zero-order valence-electron chi connectivity index (χ0n) is 17.3. The van der Waals surface area contributed by atoms with Gasteiger partial charge in [0.1, 0.15) is 11.4 Å². The van der Waals surface area contributed by atoms with Gasteiger partial charge in [-0.25, -0.2) is 13.2 Å². The Balaban J connectivity index is 1.31. The third-order valence-electron chi connectivity index (χ3n) is 6.16. The van der Waals surface area contributed by atoms with Crippen molar-refractivity contribution >= 4 is 39.4 Å². The van der Waals surface area contributed by atoms with E-state index in [0.717, 1.165) is 36.0 Å². The normalized spacial score (nSPS) is 24.5. The Hall–Kier alpha value is -2.15. The number of hydrogen-bond acceptors (Lipinski definition) is 8. The molecule has 1 spiro atoms. The highest BCUT2D eigenvalue weighted by Gasteiger charge is 2.52. The van der Waals surface area contributed by atoms with Gasteiger partial charge >= 0.3 is 6.03 Å². The molecular formula is C18H26N6O5S2. The van der Waals surface area contributed by atoms with Gasteiger partial charge in [0.15, 0.2) is 15.0 Å². The molecule has 3 heterocycles. The lowest BCUT2D eigenvalue weighted by molar-refractivity contribution is -0.139. The number of amides is 4. The number of hydrazine groups is 1. The van der Waals surface area contributed by atoms with Crippen molar-refractivity contribution in [3.63, 3.8) is 0 Å². The summed E-state index contributed by atoms with van der Waals surface area (Å²) in [6.07, 6.45) is 5.07. The SMILES string of the molecule is Cn1c(C[C@@H]2CCS(=O)(=O)C2)nnc1SCC(=O)NN1C(=O)NC2(CCCCC2)C1=O. The Kier molecular flexibility index (Phi) is 5.99. The van der Waals surface area contributed by atoms with E-state index in [1.54, 1.807) is 11.6 Å². The van der Waals surface area contributed by atoms with Crippen LogP contribution in [0.25, 0.3) is 0 Å². The lowest BCUT2D eigenvalue weighted by Gasteiger charge is -2.30. The monoisotopic (exact) mass is 470 g/mol. The summed E-state index contributed by atoms with van der Waals surface area (Å²) < 4.78 is 25.0. The highest BCUT2D eigenvalue weighted by atomic mass is 32.2. The maximum absolute atomic E-state index is 12.7. The predicted molar refractivity (Wildman–Crippen MR) is 112 cm³/mol. The zero-order valence-corrected chi connectivity index (χ0v) is 18.9. The summed E-state index contributed by atoms with van der Waals surface area (Å²) in [6, 6.07) is -0.599. The average molecular weight is 471 g/mol. The summed E-state index contributed by atoms with van der Waals surface area (Å²) >= 11 is 1.14. The van der Waals surface area contributed by atoms with E-state index in [0.29, 0.717) is 36.7 Å². The van der Waals surface area contributed by atoms with Gasteiger partial charge in [-0.3, -0.25) is 15.0 Å². The van der Waals surface area contributed by atoms with Crippen LogP contribution in [0.5, 0.6) is 0 Å². The van der Waals surface area contributed by atoms with Crippen molar-refractivity contribution in [1.82, 2.24) is 30.5 Å². The van der Waals surface area contributed by atoms with E-state index in [-0.39, 0.29) is 23.2 Å². The topological polar surface area (TPSA) is 143 Å². The molecule has 0 aromatic carbocycles. The first-order valence-corrected chi connectivity index (χ1v) is 13.2. The number of sulfone groups is 1. The lowest BCUT2D eigenvalue weighted by atomic mass is 9.82. The molecule has 1 aromatic rings. The molecule has 3 aliphatic rings. The van der Waals surface area contributed by atoms with Crippen molar-refractivity contribution in [1.29, 1.82) is 0 Å². The highest BCUT2D eigenvalue weighted by molar-refractivity contribution is 7.99. The number of thioether (sulfide) groups is 1. The number of nitrogens with one attached hydrogen (secondary N) is 2. The van der Waals surface area contributed by atoms with Crippen LogP contribution in [0.15, 0.2) is 5.16 Å². The molecule has 1 aromatic heterocycles. The van der Waals surface area contributed by atoms with Crippen LogP contribution in [-0.4, -0.2) is 68.8 Å². The van der Waals surface area contributed by atoms with Gasteiger partial charge in [-0.1, -0.05) is 31.0 Å². The van der Waals surface area contributed by atoms with Gasteiger partial charge in [-0.05, 0) is 25.2 Å². The number of urea groups is 1. The van der Waals surface area contributed by atoms with Gasteiger partial charge in [0.25, 0.3) is 5.91 Å². The number of hydrogen-bond donors (Lipinski definition) is 2. The number of rotatable bonds is 6. The van der Waals surface area contributed by atoms with Crippen LogP contribution >= 0.6 is 11.8 Å². The minimum absolute atomic E-state index is 0.0286. The van der Waals surface area contributed by atoms with Crippen molar-refractivity contribution in [2.75, 3.05) is 17.3 Å². The first-order valence-electron chi connectivity index (χ1n) is 10.4. The van der Waals surface area contributed by atoms with Crippen molar-refractivity contribution in [2.45, 2.75) is 55.6 Å². The smallest absolute Gasteiger partial charge is 0.322 e. The van der Waals surface area contributed by atoms with Gasteiger partial charge in [0.2, 0.25) is 5.91 Å². The largest absolute Gasteiger partial charge is 0.344 e. The molecule has 1 atom stereocenters. The highest BCUT2D eigenvalue weighted by Crippen LogP contribution is 2.33. The van der Waals surface area contributed by atoms with Gasteiger partial charge in [-0.15, -0.1) is 10.2 Å². The zero-order chi connectivity index (χ0) is 22.2. The van der Waals surface area contributed by atoms with Gasteiger partial charge in [0, 0.05) is 13.5 Å². The molecule has 0 unspecified atom stereocenters. The Morgan fingerprint density at radius 2 is 2.00 bits per heavy atom. The molecular weight excluding hydrogens is 444 g/mol. The molecule has 11 nitrogen and oxygen atoms in total. The van der Waals surface area contributed by atoms with E-state index in [9.17, 15) is 22.8 Å². The number of imide groups is 1. The fourth-order valence-electron chi connectivity index (χ4n) is 4.44. The molecule has 31 heavy (non-hydrogen) atoms. The number of carbonyl (C=O) groups excluding carboxylic acids is 3. The molecule has 0 bridgehead atoms. The number of carbonyl (C=O) groups is 3. The summed E-state index contributed by atoms with van der Waals surface area (Å²) in [5, 5.41) is 12.3. The summed E-state index contributed by atoms with van der Waals surface area (Å²) in [4.78, 5) is 37.3. The molecule has 3 fully saturated rings. The summed E-state index contributed by atoms with van der Waals surface area (Å²) in [6.45, 7) is 0. The maximum Gasteiger partial charge on any atom is 0.344 e. The standard InChI is InChI=1S/C18H26N6O5S2/c1-23-13(9-12-5-8-31(28,29)11-12)20-21-17(23)30-10-14(25)22-24-15(26)18(19-16(24)27)6-3-2-4-7-18/h12H,2-11H2,1H3,(H,19,27)(H,22,25)/t12-/m0/s1. The minimum atomic E-state index is -2.95. The second-order valence-electron chi connectivity index (χ2n) is 8.47. The Bertz CT molecular complexity index is 1000. The molecule has 1 aliphatic carbocycles. The van der Waals surface area contributed by atoms with Crippen molar-refractivity contribution in [2.24, 2.45) is 13.0 Å². The first-order chi connectivity index (χ1) is 14.7. The molecule has 0 radical (unpaired) electrons. The van der Waals surface area contributed by atoms with Gasteiger partial charge < -0.3 is 9.88 Å². The summed E-state index contributed by atoms with van der Waals surface area (Å²) in [5.41, 5.74) is 1.52. The number of nitrogens with zero attached hydrogens (tertiary/aromatic N) is 4. The van der Waals surface area contributed by atoms with E-state index in [2.05, 4.69) is 20.9 Å². The van der Waals surface area contributed by atoms with E-state index >= 15 is 0 Å². The molecule has 4 rings (SSSR count). The average Bonchev–Trinajstić information content (AvgIpc) is 3.32. The third kappa shape index (κ3) is 4.56. The Morgan fingerprint density at radius 1 is 1.26 bits per heavy atom. The van der Waals surface area contributed by atoms with Crippen molar-refractivity contribution in [3.05, 3.63) is 5.82 Å². The summed E-state index contributed by atoms with van der Waals surface area (Å²) in [7, 11) is -1.19. The van der Waals surface area contributed by atoms with Crippen LogP contribution in [0.4, 0.5) is 4.79 Å². The van der Waals surface area contributed by atoms with Crippen molar-refractivity contribution in [3.8, 4) is 0 Å². The van der Waals surface area contributed by atoms with E-state index in [1.807, 2.05) is 0 Å². The summed E-state index contributed by atoms with van der Waals surface area (Å²) in [5.74, 6) is 0.128. The second kappa shape index (κ2) is 8.41. The fourth-order valence-corrected chi connectivity index (χ4v) is 7.03. The molecule has 2 aliphatic heterocycles. The van der Waals surface area contributed by atoms with E-state index < -0.39 is 33.2 Å². The van der Waals surface area contributed by atoms with Gasteiger partial charge in [-0.2, -0.15) is 5.01 Å². The first kappa shape index (κ1) is 22.1. The minimum Gasteiger partial charge on any atom is -0.322 e. The second-order valence-corrected chi connectivity index (χ2v) is 11.6. The molecule has 4 amide bonds. The van der Waals surface area contributed by atoms with Crippen LogP contribution in [0.1, 0.15) is 44.3 Å². The lowest BCUT2D eigenvalue weighted by Crippen LogP contribution is -2.51. The van der Waals surface area contributed by atoms with Crippen LogP contribution in [0, 0.1) is 5.92 Å². The van der Waals surface area contributed by atoms with Gasteiger partial charge in [0.05, 0.1) is 17.3 Å². The van der Waals surface area contributed by atoms with Crippen LogP contribution in [-0.2, 0) is 32.9 Å². The van der Waals surface area contributed by atoms with E-state index in [4.69, 9.17) is 0 Å². The molecule has 1 saturated carbocycles. The predicted octanol–water partition coefficient (Wildman–Crippen LogP) is 0.170. The molecule has 2 N–H and O–H groups in total.